The first-order valence-electron chi connectivity index (χ1n) is 5.88. The summed E-state index contributed by atoms with van der Waals surface area (Å²) in [7, 11) is 1.88. The lowest BCUT2D eigenvalue weighted by atomic mass is 10.2. The fourth-order valence-electron chi connectivity index (χ4n) is 1.50. The topological polar surface area (TPSA) is 88.1 Å². The fourth-order valence-corrected chi connectivity index (χ4v) is 1.50. The van der Waals surface area contributed by atoms with Gasteiger partial charge in [0.15, 0.2) is 5.82 Å². The van der Waals surface area contributed by atoms with Crippen molar-refractivity contribution >= 4 is 11.6 Å². The minimum absolute atomic E-state index is 0.0680. The zero-order valence-electron chi connectivity index (χ0n) is 11.1. The molecule has 0 aromatic carbocycles. The molecule has 0 spiro atoms. The van der Waals surface area contributed by atoms with Gasteiger partial charge < -0.3 is 15.4 Å². The summed E-state index contributed by atoms with van der Waals surface area (Å²) in [4.78, 5) is 10.4. The number of nitrogen functional groups attached to an aromatic ring is 1. The van der Waals surface area contributed by atoms with E-state index in [9.17, 15) is 0 Å². The molecule has 1 aromatic heterocycles. The lowest BCUT2D eigenvalue weighted by molar-refractivity contribution is 0.128. The lowest BCUT2D eigenvalue weighted by Crippen LogP contribution is -2.25. The number of anilines is 2. The van der Waals surface area contributed by atoms with Crippen LogP contribution in [-0.4, -0.2) is 30.2 Å². The Morgan fingerprint density at radius 3 is 2.89 bits per heavy atom. The zero-order valence-corrected chi connectivity index (χ0v) is 11.1. The number of aromatic nitrogens is 2. The average molecular weight is 249 g/mol. The molecule has 1 unspecified atom stereocenters. The largest absolute Gasteiger partial charge is 0.384 e. The van der Waals surface area contributed by atoms with Gasteiger partial charge in [0.25, 0.3) is 0 Å². The summed E-state index contributed by atoms with van der Waals surface area (Å²) in [6.07, 6.45) is 0. The monoisotopic (exact) mass is 249 g/mol. The first-order valence-corrected chi connectivity index (χ1v) is 5.88. The van der Waals surface area contributed by atoms with Gasteiger partial charge in [0.1, 0.15) is 18.2 Å². The van der Waals surface area contributed by atoms with E-state index in [2.05, 4.69) is 16.0 Å². The number of ether oxygens (including phenoxy) is 1. The summed E-state index contributed by atoms with van der Waals surface area (Å²) in [5.74, 6) is 1.61. The molecule has 0 saturated carbocycles. The van der Waals surface area contributed by atoms with Gasteiger partial charge in [-0.15, -0.1) is 0 Å². The van der Waals surface area contributed by atoms with Gasteiger partial charge in [-0.1, -0.05) is 0 Å². The van der Waals surface area contributed by atoms with Crippen LogP contribution in [0, 0.1) is 17.2 Å². The van der Waals surface area contributed by atoms with E-state index in [0.29, 0.717) is 37.2 Å². The molecular weight excluding hydrogens is 230 g/mol. The molecule has 98 valence electrons. The number of hydrogen-bond donors (Lipinski definition) is 1. The van der Waals surface area contributed by atoms with Crippen LogP contribution in [0.1, 0.15) is 19.7 Å². The Labute approximate surface area is 107 Å². The van der Waals surface area contributed by atoms with Crippen LogP contribution in [0.15, 0.2) is 6.07 Å². The SMILES string of the molecule is CCOCc1nc(N)cc(N(C)CC(C)C#N)n1. The van der Waals surface area contributed by atoms with Crippen molar-refractivity contribution in [1.82, 2.24) is 9.97 Å². The van der Waals surface area contributed by atoms with Gasteiger partial charge in [-0.25, -0.2) is 9.97 Å². The molecule has 2 N–H and O–H groups in total. The van der Waals surface area contributed by atoms with E-state index in [4.69, 9.17) is 15.7 Å². The second-order valence-corrected chi connectivity index (χ2v) is 4.12. The third-order valence-corrected chi connectivity index (χ3v) is 2.37. The highest BCUT2D eigenvalue weighted by Crippen LogP contribution is 2.14. The molecule has 0 bridgehead atoms. The van der Waals surface area contributed by atoms with Crippen molar-refractivity contribution in [3.63, 3.8) is 0 Å². The van der Waals surface area contributed by atoms with E-state index in [1.165, 1.54) is 0 Å². The van der Waals surface area contributed by atoms with Gasteiger partial charge in [-0.2, -0.15) is 5.26 Å². The van der Waals surface area contributed by atoms with Crippen molar-refractivity contribution in [3.05, 3.63) is 11.9 Å². The van der Waals surface area contributed by atoms with Crippen molar-refractivity contribution < 1.29 is 4.74 Å². The molecule has 6 nitrogen and oxygen atoms in total. The molecule has 18 heavy (non-hydrogen) atoms. The van der Waals surface area contributed by atoms with Crippen LogP contribution < -0.4 is 10.6 Å². The summed E-state index contributed by atoms with van der Waals surface area (Å²) >= 11 is 0. The summed E-state index contributed by atoms with van der Waals surface area (Å²) in [5, 5.41) is 8.80. The van der Waals surface area contributed by atoms with Crippen molar-refractivity contribution in [3.8, 4) is 6.07 Å². The minimum atomic E-state index is -0.0680. The van der Waals surface area contributed by atoms with Crippen LogP contribution in [0.4, 0.5) is 11.6 Å². The van der Waals surface area contributed by atoms with Gasteiger partial charge >= 0.3 is 0 Å². The molecule has 1 rings (SSSR count). The molecular formula is C12H19N5O. The highest BCUT2D eigenvalue weighted by atomic mass is 16.5. The molecule has 1 aromatic rings. The van der Waals surface area contributed by atoms with Gasteiger partial charge in [0.2, 0.25) is 0 Å². The smallest absolute Gasteiger partial charge is 0.158 e. The van der Waals surface area contributed by atoms with Crippen molar-refractivity contribution in [2.75, 3.05) is 30.8 Å². The third kappa shape index (κ3) is 4.18. The third-order valence-electron chi connectivity index (χ3n) is 2.37. The molecule has 0 radical (unpaired) electrons. The quantitative estimate of drug-likeness (QED) is 0.814. The Bertz CT molecular complexity index is 429. The Balaban J connectivity index is 2.81. The first kappa shape index (κ1) is 14.2. The average Bonchev–Trinajstić information content (AvgIpc) is 2.35. The van der Waals surface area contributed by atoms with Crippen LogP contribution in [0.2, 0.25) is 0 Å². The molecule has 0 saturated heterocycles. The molecule has 0 aliphatic carbocycles. The number of nitriles is 1. The molecule has 0 fully saturated rings. The summed E-state index contributed by atoms with van der Waals surface area (Å²) in [5.41, 5.74) is 5.73. The zero-order chi connectivity index (χ0) is 13.5. The van der Waals surface area contributed by atoms with Crippen LogP contribution in [0.25, 0.3) is 0 Å². The van der Waals surface area contributed by atoms with Crippen LogP contribution in [-0.2, 0) is 11.3 Å². The number of hydrogen-bond acceptors (Lipinski definition) is 6. The van der Waals surface area contributed by atoms with Gasteiger partial charge in [-0.3, -0.25) is 0 Å². The second kappa shape index (κ2) is 6.77. The van der Waals surface area contributed by atoms with E-state index in [-0.39, 0.29) is 5.92 Å². The Hall–Kier alpha value is -1.87. The lowest BCUT2D eigenvalue weighted by Gasteiger charge is -2.20. The van der Waals surface area contributed by atoms with E-state index in [0.717, 1.165) is 0 Å². The standard InChI is InChI=1S/C12H19N5O/c1-4-18-8-11-15-10(14)5-12(16-11)17(3)7-9(2)6-13/h5,9H,4,7-8H2,1-3H3,(H2,14,15,16). The van der Waals surface area contributed by atoms with Crippen molar-refractivity contribution in [2.45, 2.75) is 20.5 Å². The highest BCUT2D eigenvalue weighted by molar-refractivity contribution is 5.46. The van der Waals surface area contributed by atoms with Crippen LogP contribution in [0.3, 0.4) is 0 Å². The molecule has 0 aliphatic rings. The van der Waals surface area contributed by atoms with Crippen molar-refractivity contribution in [2.24, 2.45) is 5.92 Å². The summed E-state index contributed by atoms with van der Waals surface area (Å²) in [6.45, 7) is 5.32. The van der Waals surface area contributed by atoms with Crippen LogP contribution >= 0.6 is 0 Å². The normalized spacial score (nSPS) is 11.9. The Morgan fingerprint density at radius 2 is 2.28 bits per heavy atom. The van der Waals surface area contributed by atoms with Gasteiger partial charge in [0.05, 0.1) is 12.0 Å². The van der Waals surface area contributed by atoms with E-state index in [1.807, 2.05) is 25.8 Å². The maximum Gasteiger partial charge on any atom is 0.158 e. The second-order valence-electron chi connectivity index (χ2n) is 4.12. The predicted molar refractivity (Wildman–Crippen MR) is 69.8 cm³/mol. The van der Waals surface area contributed by atoms with E-state index in [1.54, 1.807) is 6.07 Å². The Kier molecular flexibility index (Phi) is 5.33. The summed E-state index contributed by atoms with van der Waals surface area (Å²) in [6, 6.07) is 3.88. The fraction of sp³-hybridized carbons (Fsp3) is 0.583. The molecule has 0 aliphatic heterocycles. The maximum absolute atomic E-state index is 8.80. The molecule has 0 amide bonds. The summed E-state index contributed by atoms with van der Waals surface area (Å²) < 4.78 is 5.26. The van der Waals surface area contributed by atoms with Gasteiger partial charge in [0, 0.05) is 26.3 Å². The molecule has 1 atom stereocenters. The number of nitrogens with two attached hydrogens (primary N) is 1. The van der Waals surface area contributed by atoms with Crippen LogP contribution in [0.5, 0.6) is 0 Å². The number of nitrogens with zero attached hydrogens (tertiary/aromatic N) is 4. The van der Waals surface area contributed by atoms with E-state index < -0.39 is 0 Å². The Morgan fingerprint density at radius 1 is 1.56 bits per heavy atom. The first-order chi connectivity index (χ1) is 8.56. The predicted octanol–water partition coefficient (Wildman–Crippen LogP) is 1.19. The molecule has 1 heterocycles. The number of rotatable bonds is 6. The maximum atomic E-state index is 8.80. The highest BCUT2D eigenvalue weighted by Gasteiger charge is 2.10. The van der Waals surface area contributed by atoms with Crippen molar-refractivity contribution in [1.29, 1.82) is 5.26 Å². The van der Waals surface area contributed by atoms with Gasteiger partial charge in [-0.05, 0) is 13.8 Å². The molecule has 6 heteroatoms. The van der Waals surface area contributed by atoms with E-state index >= 15 is 0 Å². The minimum Gasteiger partial charge on any atom is -0.384 e.